The van der Waals surface area contributed by atoms with Crippen molar-refractivity contribution in [2.24, 2.45) is 28.2 Å². The smallest absolute Gasteiger partial charge is 0.261 e. The maximum absolute atomic E-state index is 14.5. The summed E-state index contributed by atoms with van der Waals surface area (Å²) in [6.45, 7) is 9.74. The fraction of sp³-hybridized carbons (Fsp3) is 0.571. The second-order valence-electron chi connectivity index (χ2n) is 13.9. The number of fused-ring (bicyclic) bond motifs is 3. The summed E-state index contributed by atoms with van der Waals surface area (Å²) >= 11 is 0. The van der Waals surface area contributed by atoms with Gasteiger partial charge in [0, 0.05) is 31.4 Å². The molecule has 2 aromatic carbocycles. The van der Waals surface area contributed by atoms with E-state index in [0.29, 0.717) is 58.6 Å². The van der Waals surface area contributed by atoms with Crippen LogP contribution in [0.4, 0.5) is 10.1 Å². The first kappa shape index (κ1) is 30.6. The van der Waals surface area contributed by atoms with Gasteiger partial charge >= 0.3 is 0 Å². The minimum absolute atomic E-state index is 0.134. The molecule has 7 rings (SSSR count). The summed E-state index contributed by atoms with van der Waals surface area (Å²) in [6, 6.07) is 11.2. The topological polar surface area (TPSA) is 75.0 Å². The number of hydrogen-bond donors (Lipinski definition) is 1. The number of hydrogen-bond acceptors (Lipinski definition) is 5. The van der Waals surface area contributed by atoms with E-state index >= 15 is 0 Å². The minimum Gasteiger partial charge on any atom is -0.497 e. The molecule has 3 aliphatic carbocycles. The van der Waals surface area contributed by atoms with E-state index in [0.717, 1.165) is 55.8 Å². The molecule has 0 spiro atoms. The highest BCUT2D eigenvalue weighted by Crippen LogP contribution is 2.61. The van der Waals surface area contributed by atoms with Gasteiger partial charge in [-0.25, -0.2) is 14.4 Å². The molecule has 4 atom stereocenters. The van der Waals surface area contributed by atoms with Crippen molar-refractivity contribution in [2.75, 3.05) is 39.6 Å². The van der Waals surface area contributed by atoms with Crippen LogP contribution in [0.2, 0.25) is 0 Å². The van der Waals surface area contributed by atoms with Crippen LogP contribution in [0.25, 0.3) is 10.9 Å². The number of aryl methyl sites for hydroxylation is 2. The number of halogens is 1. The number of nitrogens with zero attached hydrogens (tertiary/aromatic N) is 5. The van der Waals surface area contributed by atoms with Crippen LogP contribution in [0.3, 0.4) is 0 Å². The van der Waals surface area contributed by atoms with Crippen molar-refractivity contribution in [2.45, 2.75) is 71.5 Å². The Bertz CT molecular complexity index is 1590. The van der Waals surface area contributed by atoms with Gasteiger partial charge < -0.3 is 19.9 Å². The molecule has 3 aromatic rings. The van der Waals surface area contributed by atoms with Gasteiger partial charge in [-0.2, -0.15) is 0 Å². The molecule has 236 valence electrons. The van der Waals surface area contributed by atoms with Gasteiger partial charge in [0.25, 0.3) is 5.56 Å². The van der Waals surface area contributed by atoms with Crippen LogP contribution in [0.5, 0.6) is 5.75 Å². The maximum atomic E-state index is 14.5. The normalized spacial score (nSPS) is 25.5. The van der Waals surface area contributed by atoms with Crippen molar-refractivity contribution >= 4 is 22.5 Å². The van der Waals surface area contributed by atoms with E-state index in [4.69, 9.17) is 9.73 Å². The molecule has 0 amide bonds. The molecule has 1 N–H and O–H groups in total. The summed E-state index contributed by atoms with van der Waals surface area (Å²) in [7, 11) is 5.87. The Hall–Kier alpha value is -3.46. The highest BCUT2D eigenvalue weighted by Gasteiger charge is 2.56. The average Bonchev–Trinajstić information content (AvgIpc) is 3.01. The number of aliphatic imine (C=N–C) groups is 1. The van der Waals surface area contributed by atoms with Gasteiger partial charge in [-0.1, -0.05) is 26.8 Å². The monoisotopic (exact) mass is 602 g/mol. The molecule has 1 aliphatic heterocycles. The number of anilines is 1. The number of rotatable bonds is 7. The Kier molecular flexibility index (Phi) is 8.44. The fourth-order valence-electron chi connectivity index (χ4n) is 7.84. The Labute approximate surface area is 260 Å². The number of likely N-dealkylation sites (tertiary alicyclic amines) is 1. The summed E-state index contributed by atoms with van der Waals surface area (Å²) in [5.41, 5.74) is 2.31. The molecule has 4 fully saturated rings. The second kappa shape index (κ2) is 12.1. The summed E-state index contributed by atoms with van der Waals surface area (Å²) < 4.78 is 21.1. The SMILES string of the molecule is COc1ccc(CCn2cnc3cc(N/C(=N/C4C[C@@H]5C[C@H]([C@@H]4C)C5(C)C)N(C)C4CCN(C)CC4)ccc3c2=O)c(F)c1. The molecule has 1 saturated heterocycles. The molecule has 1 aromatic heterocycles. The van der Waals surface area contributed by atoms with Gasteiger partial charge in [0.2, 0.25) is 0 Å². The van der Waals surface area contributed by atoms with Crippen molar-refractivity contribution in [1.82, 2.24) is 19.4 Å². The van der Waals surface area contributed by atoms with E-state index in [9.17, 15) is 9.18 Å². The molecule has 0 radical (unpaired) electrons. The van der Waals surface area contributed by atoms with Crippen LogP contribution in [0, 0.1) is 29.0 Å². The lowest BCUT2D eigenvalue weighted by molar-refractivity contribution is -0.108. The van der Waals surface area contributed by atoms with Crippen LogP contribution in [-0.4, -0.2) is 71.7 Å². The first-order valence-electron chi connectivity index (χ1n) is 16.1. The molecule has 2 bridgehead atoms. The van der Waals surface area contributed by atoms with Crippen molar-refractivity contribution < 1.29 is 9.13 Å². The summed E-state index contributed by atoms with van der Waals surface area (Å²) in [5, 5.41) is 4.20. The van der Waals surface area contributed by atoms with Gasteiger partial charge in [0.1, 0.15) is 11.6 Å². The molecule has 44 heavy (non-hydrogen) atoms. The number of nitrogens with one attached hydrogen (secondary N) is 1. The van der Waals surface area contributed by atoms with E-state index in [2.05, 4.69) is 55.0 Å². The van der Waals surface area contributed by atoms with Crippen LogP contribution >= 0.6 is 0 Å². The number of ether oxygens (including phenoxy) is 1. The molecule has 9 heteroatoms. The Morgan fingerprint density at radius 2 is 1.95 bits per heavy atom. The zero-order chi connectivity index (χ0) is 31.2. The van der Waals surface area contributed by atoms with Gasteiger partial charge in [-0.15, -0.1) is 0 Å². The predicted molar refractivity (Wildman–Crippen MR) is 175 cm³/mol. The van der Waals surface area contributed by atoms with Gasteiger partial charge in [0.05, 0.1) is 30.4 Å². The van der Waals surface area contributed by atoms with Crippen molar-refractivity contribution in [3.05, 3.63) is 64.5 Å². The van der Waals surface area contributed by atoms with Crippen LogP contribution in [0.1, 0.15) is 52.0 Å². The predicted octanol–water partition coefficient (Wildman–Crippen LogP) is 5.65. The van der Waals surface area contributed by atoms with Crippen molar-refractivity contribution in [3.63, 3.8) is 0 Å². The highest BCUT2D eigenvalue weighted by atomic mass is 19.1. The van der Waals surface area contributed by atoms with E-state index in [1.54, 1.807) is 23.0 Å². The number of guanidine groups is 1. The highest BCUT2D eigenvalue weighted by molar-refractivity contribution is 5.96. The van der Waals surface area contributed by atoms with Gasteiger partial charge in [0.15, 0.2) is 5.96 Å². The quantitative estimate of drug-likeness (QED) is 0.278. The molecule has 8 nitrogen and oxygen atoms in total. The number of benzene rings is 2. The fourth-order valence-corrected chi connectivity index (χ4v) is 7.84. The lowest BCUT2D eigenvalue weighted by atomic mass is 9.45. The standard InChI is InChI=1S/C35H47FN6O2/c1-22-29-17-24(35(29,2)3)18-31(22)39-34(41(5)26-12-14-40(4)15-13-26)38-25-8-10-28-32(19-25)37-21-42(33(28)43)16-11-23-7-9-27(44-6)20-30(23)36/h7-10,19-22,24,26,29,31H,11-18H2,1-6H3,(H,38,39)/t22-,24-,29+,31?/m0/s1. The third-order valence-electron chi connectivity index (χ3n) is 11.1. The Morgan fingerprint density at radius 3 is 2.64 bits per heavy atom. The van der Waals surface area contributed by atoms with Gasteiger partial charge in [-0.3, -0.25) is 9.36 Å². The van der Waals surface area contributed by atoms with Crippen molar-refractivity contribution in [3.8, 4) is 5.75 Å². The first-order valence-corrected chi connectivity index (χ1v) is 16.1. The zero-order valence-electron chi connectivity index (χ0n) is 27.0. The number of aromatic nitrogens is 2. The lowest BCUT2D eigenvalue weighted by Crippen LogP contribution is -2.57. The molecular weight excluding hydrogens is 555 g/mol. The Morgan fingerprint density at radius 1 is 1.18 bits per heavy atom. The average molecular weight is 603 g/mol. The van der Waals surface area contributed by atoms with E-state index in [1.807, 2.05) is 18.2 Å². The first-order chi connectivity index (χ1) is 21.0. The summed E-state index contributed by atoms with van der Waals surface area (Å²) in [5.74, 6) is 3.04. The largest absolute Gasteiger partial charge is 0.497 e. The molecular formula is C35H47FN6O2. The zero-order valence-corrected chi connectivity index (χ0v) is 27.0. The molecule has 2 heterocycles. The maximum Gasteiger partial charge on any atom is 0.261 e. The summed E-state index contributed by atoms with van der Waals surface area (Å²) in [6.07, 6.45) is 6.61. The van der Waals surface area contributed by atoms with Gasteiger partial charge in [-0.05, 0) is 105 Å². The lowest BCUT2D eigenvalue weighted by Gasteiger charge is -2.61. The summed E-state index contributed by atoms with van der Waals surface area (Å²) in [4.78, 5) is 28.1. The van der Waals surface area contributed by atoms with E-state index in [1.165, 1.54) is 19.6 Å². The third kappa shape index (κ3) is 5.83. The number of methoxy groups -OCH3 is 1. The number of piperidine rings is 1. The minimum atomic E-state index is -0.340. The van der Waals surface area contributed by atoms with Crippen LogP contribution in [0.15, 0.2) is 52.5 Å². The molecule has 3 saturated carbocycles. The molecule has 1 unspecified atom stereocenters. The van der Waals surface area contributed by atoms with E-state index in [-0.39, 0.29) is 11.4 Å². The second-order valence-corrected chi connectivity index (χ2v) is 13.9. The third-order valence-corrected chi connectivity index (χ3v) is 11.1. The van der Waals surface area contributed by atoms with Crippen molar-refractivity contribution in [1.29, 1.82) is 0 Å². The van der Waals surface area contributed by atoms with E-state index < -0.39 is 0 Å². The molecule has 4 aliphatic rings. The van der Waals surface area contributed by atoms with Crippen LogP contribution < -0.4 is 15.6 Å². The Balaban J connectivity index is 1.23. The van der Waals surface area contributed by atoms with Crippen LogP contribution in [-0.2, 0) is 13.0 Å².